The number of rotatable bonds is 6. The number of anilines is 1. The number of aryl methyl sites for hydroxylation is 2. The van der Waals surface area contributed by atoms with Crippen molar-refractivity contribution in [2.45, 2.75) is 25.7 Å². The first-order valence-electron chi connectivity index (χ1n) is 9.98. The fourth-order valence-corrected chi connectivity index (χ4v) is 4.17. The lowest BCUT2D eigenvalue weighted by Gasteiger charge is -2.27. The molecule has 150 valence electrons. The van der Waals surface area contributed by atoms with Crippen molar-refractivity contribution in [2.24, 2.45) is 7.05 Å². The van der Waals surface area contributed by atoms with Crippen LogP contribution in [-0.4, -0.2) is 60.0 Å². The number of carbonyl (C=O) groups excluding carboxylic acids is 1. The maximum absolute atomic E-state index is 12.3. The molecule has 0 saturated carbocycles. The van der Waals surface area contributed by atoms with Crippen LogP contribution in [0.3, 0.4) is 0 Å². The van der Waals surface area contributed by atoms with Gasteiger partial charge in [-0.15, -0.1) is 0 Å². The number of para-hydroxylation sites is 1. The van der Waals surface area contributed by atoms with E-state index in [-0.39, 0.29) is 11.8 Å². The van der Waals surface area contributed by atoms with E-state index in [1.54, 1.807) is 4.68 Å². The van der Waals surface area contributed by atoms with Gasteiger partial charge in [-0.25, -0.2) is 0 Å². The highest BCUT2D eigenvalue weighted by Gasteiger charge is 2.33. The Balaban J connectivity index is 1.48. The van der Waals surface area contributed by atoms with Crippen LogP contribution in [0.5, 0.6) is 5.75 Å². The third-order valence-electron chi connectivity index (χ3n) is 5.54. The number of ether oxygens (including phenoxy) is 2. The molecule has 1 amide bonds. The number of amides is 1. The van der Waals surface area contributed by atoms with Crippen LogP contribution in [0.4, 0.5) is 5.82 Å². The summed E-state index contributed by atoms with van der Waals surface area (Å²) in [5, 5.41) is 7.47. The molecule has 1 aromatic heterocycles. The van der Waals surface area contributed by atoms with E-state index in [9.17, 15) is 4.79 Å². The SMILES string of the molecule is Cc1nn(C)c2c1C(c1ccccc1OCCCN1CCOCC1)CC(=O)N2. The molecule has 4 rings (SSSR count). The molecule has 1 fully saturated rings. The molecule has 1 atom stereocenters. The van der Waals surface area contributed by atoms with E-state index >= 15 is 0 Å². The standard InChI is InChI=1S/C21H28N4O3/c1-15-20-17(14-19(26)22-21(20)24(2)23-15)16-6-3-4-7-18(16)28-11-5-8-25-9-12-27-13-10-25/h3-4,6-7,17H,5,8-14H2,1-2H3,(H,22,26). The van der Waals surface area contributed by atoms with Gasteiger partial charge in [0.2, 0.25) is 5.91 Å². The van der Waals surface area contributed by atoms with Crippen LogP contribution >= 0.6 is 0 Å². The predicted octanol–water partition coefficient (Wildman–Crippen LogP) is 2.30. The van der Waals surface area contributed by atoms with Gasteiger partial charge < -0.3 is 14.8 Å². The first-order valence-corrected chi connectivity index (χ1v) is 9.98. The lowest BCUT2D eigenvalue weighted by atomic mass is 9.85. The molecule has 2 aliphatic heterocycles. The highest BCUT2D eigenvalue weighted by atomic mass is 16.5. The van der Waals surface area contributed by atoms with Gasteiger partial charge >= 0.3 is 0 Å². The van der Waals surface area contributed by atoms with E-state index in [1.165, 1.54) is 0 Å². The second-order valence-electron chi connectivity index (χ2n) is 7.47. The Bertz CT molecular complexity index is 842. The van der Waals surface area contributed by atoms with Crippen LogP contribution in [0, 0.1) is 6.92 Å². The highest BCUT2D eigenvalue weighted by Crippen LogP contribution is 2.42. The first kappa shape index (κ1) is 19.0. The Kier molecular flexibility index (Phi) is 5.64. The maximum atomic E-state index is 12.3. The minimum absolute atomic E-state index is 0.0163. The Morgan fingerprint density at radius 3 is 2.89 bits per heavy atom. The fraction of sp³-hybridized carbons (Fsp3) is 0.524. The van der Waals surface area contributed by atoms with Crippen LogP contribution < -0.4 is 10.1 Å². The summed E-state index contributed by atoms with van der Waals surface area (Å²) >= 11 is 0. The number of fused-ring (bicyclic) bond motifs is 1. The zero-order valence-electron chi connectivity index (χ0n) is 16.6. The Labute approximate surface area is 165 Å². The van der Waals surface area contributed by atoms with Gasteiger partial charge in [0.05, 0.1) is 25.5 Å². The topological polar surface area (TPSA) is 68.6 Å². The number of hydrogen-bond acceptors (Lipinski definition) is 5. The molecule has 1 aromatic carbocycles. The Hall–Kier alpha value is -2.38. The Morgan fingerprint density at radius 2 is 2.07 bits per heavy atom. The summed E-state index contributed by atoms with van der Waals surface area (Å²) in [5.74, 6) is 1.63. The fourth-order valence-electron chi connectivity index (χ4n) is 4.17. The van der Waals surface area contributed by atoms with Crippen LogP contribution in [0.1, 0.15) is 35.6 Å². The number of hydrogen-bond donors (Lipinski definition) is 1. The molecule has 0 spiro atoms. The van der Waals surface area contributed by atoms with Gasteiger partial charge in [0.1, 0.15) is 11.6 Å². The van der Waals surface area contributed by atoms with Crippen molar-refractivity contribution in [3.63, 3.8) is 0 Å². The van der Waals surface area contributed by atoms with Gasteiger partial charge in [-0.3, -0.25) is 14.4 Å². The molecule has 0 bridgehead atoms. The summed E-state index contributed by atoms with van der Waals surface area (Å²) in [6.45, 7) is 7.30. The molecule has 0 radical (unpaired) electrons. The van der Waals surface area contributed by atoms with Gasteiger partial charge in [-0.2, -0.15) is 5.10 Å². The monoisotopic (exact) mass is 384 g/mol. The van der Waals surface area contributed by atoms with Gasteiger partial charge in [0.25, 0.3) is 0 Å². The molecule has 1 saturated heterocycles. The second kappa shape index (κ2) is 8.32. The van der Waals surface area contributed by atoms with Crippen molar-refractivity contribution in [1.29, 1.82) is 0 Å². The minimum atomic E-state index is -0.0344. The first-order chi connectivity index (χ1) is 13.6. The number of nitrogens with one attached hydrogen (secondary N) is 1. The van der Waals surface area contributed by atoms with Crippen molar-refractivity contribution in [2.75, 3.05) is 44.8 Å². The van der Waals surface area contributed by atoms with E-state index in [4.69, 9.17) is 9.47 Å². The van der Waals surface area contributed by atoms with Gasteiger partial charge in [0, 0.05) is 50.1 Å². The van der Waals surface area contributed by atoms with Crippen LogP contribution in [0.15, 0.2) is 24.3 Å². The molecule has 1 unspecified atom stereocenters. The highest BCUT2D eigenvalue weighted by molar-refractivity contribution is 5.94. The van der Waals surface area contributed by atoms with Gasteiger partial charge in [0.15, 0.2) is 0 Å². The van der Waals surface area contributed by atoms with Gasteiger partial charge in [-0.1, -0.05) is 18.2 Å². The van der Waals surface area contributed by atoms with Gasteiger partial charge in [-0.05, 0) is 19.4 Å². The van der Waals surface area contributed by atoms with E-state index < -0.39 is 0 Å². The Morgan fingerprint density at radius 1 is 1.29 bits per heavy atom. The van der Waals surface area contributed by atoms with E-state index in [1.807, 2.05) is 32.2 Å². The van der Waals surface area contributed by atoms with Crippen molar-refractivity contribution < 1.29 is 14.3 Å². The van der Waals surface area contributed by atoms with Crippen molar-refractivity contribution in [1.82, 2.24) is 14.7 Å². The predicted molar refractivity (Wildman–Crippen MR) is 107 cm³/mol. The molecule has 28 heavy (non-hydrogen) atoms. The zero-order valence-corrected chi connectivity index (χ0v) is 16.6. The second-order valence-corrected chi connectivity index (χ2v) is 7.47. The number of carbonyl (C=O) groups is 1. The number of benzene rings is 1. The lowest BCUT2D eigenvalue weighted by molar-refractivity contribution is -0.116. The quantitative estimate of drug-likeness (QED) is 0.774. The summed E-state index contributed by atoms with van der Waals surface area (Å²) in [5.41, 5.74) is 3.09. The number of morpholine rings is 1. The van der Waals surface area contributed by atoms with Crippen molar-refractivity contribution >= 4 is 11.7 Å². The van der Waals surface area contributed by atoms with E-state index in [0.717, 1.165) is 67.7 Å². The third kappa shape index (κ3) is 3.91. The summed E-state index contributed by atoms with van der Waals surface area (Å²) < 4.78 is 13.3. The van der Waals surface area contributed by atoms with E-state index in [0.29, 0.717) is 13.0 Å². The minimum Gasteiger partial charge on any atom is -0.493 e. The lowest BCUT2D eigenvalue weighted by Crippen LogP contribution is -2.37. The summed E-state index contributed by atoms with van der Waals surface area (Å²) in [7, 11) is 1.86. The molecule has 3 heterocycles. The van der Waals surface area contributed by atoms with E-state index in [2.05, 4.69) is 21.4 Å². The number of nitrogens with zero attached hydrogens (tertiary/aromatic N) is 3. The average molecular weight is 384 g/mol. The summed E-state index contributed by atoms with van der Waals surface area (Å²) in [6.07, 6.45) is 1.38. The summed E-state index contributed by atoms with van der Waals surface area (Å²) in [4.78, 5) is 14.7. The van der Waals surface area contributed by atoms with Crippen LogP contribution in [0.25, 0.3) is 0 Å². The average Bonchev–Trinajstić information content (AvgIpc) is 2.99. The molecule has 7 nitrogen and oxygen atoms in total. The molecule has 7 heteroatoms. The van der Waals surface area contributed by atoms with Crippen molar-refractivity contribution in [3.05, 3.63) is 41.1 Å². The summed E-state index contributed by atoms with van der Waals surface area (Å²) in [6, 6.07) is 8.06. The van der Waals surface area contributed by atoms with Crippen molar-refractivity contribution in [3.8, 4) is 5.75 Å². The molecule has 1 N–H and O–H groups in total. The largest absolute Gasteiger partial charge is 0.493 e. The number of aromatic nitrogens is 2. The third-order valence-corrected chi connectivity index (χ3v) is 5.54. The molecular formula is C21H28N4O3. The molecule has 0 aliphatic carbocycles. The molecular weight excluding hydrogens is 356 g/mol. The van der Waals surface area contributed by atoms with Crippen LogP contribution in [-0.2, 0) is 16.6 Å². The molecule has 2 aliphatic rings. The maximum Gasteiger partial charge on any atom is 0.226 e. The zero-order chi connectivity index (χ0) is 19.5. The normalized spacial score (nSPS) is 19.9. The smallest absolute Gasteiger partial charge is 0.226 e. The van der Waals surface area contributed by atoms with Crippen LogP contribution in [0.2, 0.25) is 0 Å². The molecule has 2 aromatic rings.